The van der Waals surface area contributed by atoms with Crippen LogP contribution in [0.1, 0.15) is 32.6 Å². The SMILES string of the molecule is CC(=O)NCCN1CCC[C@H](C2CCNCC2)C1.Cl.Cl. The second kappa shape index (κ2) is 10.7. The minimum atomic E-state index is 0. The van der Waals surface area contributed by atoms with Gasteiger partial charge in [-0.15, -0.1) is 24.8 Å². The van der Waals surface area contributed by atoms with Crippen LogP contribution in [0.3, 0.4) is 0 Å². The van der Waals surface area contributed by atoms with Crippen molar-refractivity contribution in [1.82, 2.24) is 15.5 Å². The first-order valence-electron chi connectivity index (χ1n) is 7.43. The number of hydrogen-bond donors (Lipinski definition) is 2. The molecule has 2 aliphatic heterocycles. The van der Waals surface area contributed by atoms with Gasteiger partial charge in [0, 0.05) is 26.6 Å². The average Bonchev–Trinajstić information content (AvgIpc) is 2.40. The van der Waals surface area contributed by atoms with Crippen molar-refractivity contribution < 1.29 is 4.79 Å². The maximum Gasteiger partial charge on any atom is 0.216 e. The molecular formula is C14H29Cl2N3O. The fourth-order valence-electron chi connectivity index (χ4n) is 3.38. The van der Waals surface area contributed by atoms with Crippen LogP contribution in [0.15, 0.2) is 0 Å². The summed E-state index contributed by atoms with van der Waals surface area (Å²) in [5.41, 5.74) is 0. The predicted molar refractivity (Wildman–Crippen MR) is 87.9 cm³/mol. The molecular weight excluding hydrogens is 297 g/mol. The minimum Gasteiger partial charge on any atom is -0.355 e. The predicted octanol–water partition coefficient (Wildman–Crippen LogP) is 1.68. The fraction of sp³-hybridized carbons (Fsp3) is 0.929. The Morgan fingerprint density at radius 1 is 1.20 bits per heavy atom. The van der Waals surface area contributed by atoms with Crippen molar-refractivity contribution in [2.75, 3.05) is 39.3 Å². The zero-order chi connectivity index (χ0) is 12.8. The van der Waals surface area contributed by atoms with Crippen LogP contribution in [0.2, 0.25) is 0 Å². The minimum absolute atomic E-state index is 0. The quantitative estimate of drug-likeness (QED) is 0.826. The Kier molecular flexibility index (Phi) is 10.6. The molecule has 0 aliphatic carbocycles. The van der Waals surface area contributed by atoms with E-state index in [0.717, 1.165) is 24.9 Å². The third-order valence-corrected chi connectivity index (χ3v) is 4.39. The van der Waals surface area contributed by atoms with E-state index in [2.05, 4.69) is 15.5 Å². The van der Waals surface area contributed by atoms with Crippen LogP contribution >= 0.6 is 24.8 Å². The largest absolute Gasteiger partial charge is 0.355 e. The Balaban J connectivity index is 0.00000180. The Morgan fingerprint density at radius 3 is 2.55 bits per heavy atom. The van der Waals surface area contributed by atoms with Gasteiger partial charge in [0.15, 0.2) is 0 Å². The first-order valence-corrected chi connectivity index (χ1v) is 7.43. The summed E-state index contributed by atoms with van der Waals surface area (Å²) >= 11 is 0. The lowest BCUT2D eigenvalue weighted by molar-refractivity contribution is -0.119. The molecule has 1 atom stereocenters. The second-order valence-corrected chi connectivity index (χ2v) is 5.77. The summed E-state index contributed by atoms with van der Waals surface area (Å²) in [7, 11) is 0. The van der Waals surface area contributed by atoms with E-state index in [9.17, 15) is 4.79 Å². The van der Waals surface area contributed by atoms with E-state index < -0.39 is 0 Å². The third-order valence-electron chi connectivity index (χ3n) is 4.39. The van der Waals surface area contributed by atoms with Crippen LogP contribution in [-0.4, -0.2) is 50.1 Å². The molecule has 0 unspecified atom stereocenters. The highest BCUT2D eigenvalue weighted by atomic mass is 35.5. The molecule has 0 radical (unpaired) electrons. The molecule has 120 valence electrons. The lowest BCUT2D eigenvalue weighted by atomic mass is 9.80. The molecule has 0 aromatic heterocycles. The van der Waals surface area contributed by atoms with Crippen molar-refractivity contribution in [2.24, 2.45) is 11.8 Å². The molecule has 0 aromatic rings. The van der Waals surface area contributed by atoms with Crippen molar-refractivity contribution in [1.29, 1.82) is 0 Å². The van der Waals surface area contributed by atoms with E-state index in [-0.39, 0.29) is 30.7 Å². The van der Waals surface area contributed by atoms with E-state index in [1.165, 1.54) is 51.9 Å². The van der Waals surface area contributed by atoms with Crippen molar-refractivity contribution in [3.05, 3.63) is 0 Å². The van der Waals surface area contributed by atoms with Gasteiger partial charge in [-0.1, -0.05) is 0 Å². The summed E-state index contributed by atoms with van der Waals surface area (Å²) in [5, 5.41) is 6.35. The summed E-state index contributed by atoms with van der Waals surface area (Å²) in [6.07, 6.45) is 5.43. The normalized spacial score (nSPS) is 24.4. The summed E-state index contributed by atoms with van der Waals surface area (Å²) in [5.74, 6) is 1.90. The highest BCUT2D eigenvalue weighted by molar-refractivity contribution is 5.85. The number of hydrogen-bond acceptors (Lipinski definition) is 3. The summed E-state index contributed by atoms with van der Waals surface area (Å²) < 4.78 is 0. The van der Waals surface area contributed by atoms with E-state index in [4.69, 9.17) is 0 Å². The molecule has 6 heteroatoms. The number of nitrogens with one attached hydrogen (secondary N) is 2. The molecule has 0 spiro atoms. The maximum atomic E-state index is 10.9. The highest BCUT2D eigenvalue weighted by Gasteiger charge is 2.27. The van der Waals surface area contributed by atoms with E-state index in [0.29, 0.717) is 0 Å². The average molecular weight is 326 g/mol. The molecule has 2 heterocycles. The van der Waals surface area contributed by atoms with Gasteiger partial charge in [-0.25, -0.2) is 0 Å². The van der Waals surface area contributed by atoms with Crippen LogP contribution < -0.4 is 10.6 Å². The zero-order valence-electron chi connectivity index (χ0n) is 12.4. The molecule has 2 N–H and O–H groups in total. The van der Waals surface area contributed by atoms with E-state index >= 15 is 0 Å². The monoisotopic (exact) mass is 325 g/mol. The number of carbonyl (C=O) groups excluding carboxylic acids is 1. The maximum absolute atomic E-state index is 10.9. The van der Waals surface area contributed by atoms with Crippen LogP contribution in [0, 0.1) is 11.8 Å². The zero-order valence-corrected chi connectivity index (χ0v) is 14.0. The van der Waals surface area contributed by atoms with Gasteiger partial charge in [0.1, 0.15) is 0 Å². The lowest BCUT2D eigenvalue weighted by Gasteiger charge is -2.38. The van der Waals surface area contributed by atoms with Gasteiger partial charge in [-0.2, -0.15) is 0 Å². The smallest absolute Gasteiger partial charge is 0.216 e. The molecule has 20 heavy (non-hydrogen) atoms. The van der Waals surface area contributed by atoms with E-state index in [1.54, 1.807) is 6.92 Å². The Hall–Kier alpha value is -0.0300. The number of rotatable bonds is 4. The molecule has 0 aromatic carbocycles. The topological polar surface area (TPSA) is 44.4 Å². The summed E-state index contributed by atoms with van der Waals surface area (Å²) in [4.78, 5) is 13.4. The Morgan fingerprint density at radius 2 is 1.90 bits per heavy atom. The number of halogens is 2. The molecule has 2 rings (SSSR count). The number of amides is 1. The molecule has 2 saturated heterocycles. The lowest BCUT2D eigenvalue weighted by Crippen LogP contribution is -2.44. The first kappa shape index (κ1) is 20.0. The van der Waals surface area contributed by atoms with Gasteiger partial charge in [-0.3, -0.25) is 4.79 Å². The number of carbonyl (C=O) groups is 1. The summed E-state index contributed by atoms with van der Waals surface area (Å²) in [6, 6.07) is 0. The van der Waals surface area contributed by atoms with Crippen molar-refractivity contribution in [3.63, 3.8) is 0 Å². The standard InChI is InChI=1S/C14H27N3O.2ClH/c1-12(18)16-8-10-17-9-2-3-14(11-17)13-4-6-15-7-5-13;;/h13-15H,2-11H2,1H3,(H,16,18);2*1H/t14-;;/m0../s1. The second-order valence-electron chi connectivity index (χ2n) is 5.77. The van der Waals surface area contributed by atoms with Gasteiger partial charge in [-0.05, 0) is 57.2 Å². The van der Waals surface area contributed by atoms with E-state index in [1.807, 2.05) is 0 Å². The van der Waals surface area contributed by atoms with Gasteiger partial charge in [0.05, 0.1) is 0 Å². The van der Waals surface area contributed by atoms with Gasteiger partial charge in [0.25, 0.3) is 0 Å². The Labute approximate surface area is 135 Å². The summed E-state index contributed by atoms with van der Waals surface area (Å²) in [6.45, 7) is 8.26. The molecule has 0 saturated carbocycles. The number of nitrogens with zero attached hydrogens (tertiary/aromatic N) is 1. The van der Waals surface area contributed by atoms with Gasteiger partial charge >= 0.3 is 0 Å². The molecule has 2 aliphatic rings. The highest BCUT2D eigenvalue weighted by Crippen LogP contribution is 2.29. The Bertz CT molecular complexity index is 273. The molecule has 1 amide bonds. The molecule has 4 nitrogen and oxygen atoms in total. The molecule has 2 fully saturated rings. The van der Waals surface area contributed by atoms with Crippen molar-refractivity contribution >= 4 is 30.7 Å². The van der Waals surface area contributed by atoms with Crippen LogP contribution in [-0.2, 0) is 4.79 Å². The van der Waals surface area contributed by atoms with Crippen LogP contribution in [0.4, 0.5) is 0 Å². The van der Waals surface area contributed by atoms with Crippen molar-refractivity contribution in [3.8, 4) is 0 Å². The molecule has 0 bridgehead atoms. The van der Waals surface area contributed by atoms with Crippen LogP contribution in [0.5, 0.6) is 0 Å². The van der Waals surface area contributed by atoms with Gasteiger partial charge in [0.2, 0.25) is 5.91 Å². The van der Waals surface area contributed by atoms with Gasteiger partial charge < -0.3 is 15.5 Å². The van der Waals surface area contributed by atoms with Crippen LogP contribution in [0.25, 0.3) is 0 Å². The first-order chi connectivity index (χ1) is 8.75. The number of likely N-dealkylation sites (tertiary alicyclic amines) is 1. The van der Waals surface area contributed by atoms with Crippen molar-refractivity contribution in [2.45, 2.75) is 32.6 Å². The number of piperidine rings is 2. The fourth-order valence-corrected chi connectivity index (χ4v) is 3.38. The third kappa shape index (κ3) is 6.61.